The third kappa shape index (κ3) is 2.73. The fraction of sp³-hybridized carbons (Fsp3) is 0.474. The van der Waals surface area contributed by atoms with E-state index >= 15 is 0 Å². The number of hydrogen-bond donors (Lipinski definition) is 0. The molecule has 2 aliphatic heterocycles. The number of para-hydroxylation sites is 1. The molecule has 126 valence electrons. The first-order valence-corrected chi connectivity index (χ1v) is 8.86. The van der Waals surface area contributed by atoms with Crippen LogP contribution in [-0.2, 0) is 0 Å². The van der Waals surface area contributed by atoms with E-state index in [0.29, 0.717) is 17.8 Å². The highest BCUT2D eigenvalue weighted by Crippen LogP contribution is 2.30. The smallest absolute Gasteiger partial charge is 0.274 e. The Morgan fingerprint density at radius 3 is 2.54 bits per heavy atom. The van der Waals surface area contributed by atoms with E-state index in [-0.39, 0.29) is 5.91 Å². The van der Waals surface area contributed by atoms with E-state index in [0.717, 1.165) is 31.6 Å². The molecule has 0 spiro atoms. The van der Waals surface area contributed by atoms with Crippen LogP contribution in [0.15, 0.2) is 42.6 Å². The second kappa shape index (κ2) is 6.40. The molecule has 24 heavy (non-hydrogen) atoms. The van der Waals surface area contributed by atoms with Crippen molar-refractivity contribution in [3.63, 3.8) is 0 Å². The number of likely N-dealkylation sites (tertiary alicyclic amines) is 2. The van der Waals surface area contributed by atoms with E-state index in [2.05, 4.69) is 21.9 Å². The molecule has 3 heterocycles. The molecule has 0 N–H and O–H groups in total. The lowest BCUT2D eigenvalue weighted by atomic mass is 10.0. The molecule has 2 aromatic rings. The van der Waals surface area contributed by atoms with Crippen molar-refractivity contribution in [2.45, 2.75) is 37.8 Å². The summed E-state index contributed by atoms with van der Waals surface area (Å²) in [4.78, 5) is 17.5. The molecule has 0 bridgehead atoms. The van der Waals surface area contributed by atoms with Gasteiger partial charge in [0.1, 0.15) is 0 Å². The first-order valence-electron chi connectivity index (χ1n) is 8.86. The number of carbonyl (C=O) groups excluding carboxylic acids is 1. The summed E-state index contributed by atoms with van der Waals surface area (Å²) in [5, 5.41) is 4.52. The van der Waals surface area contributed by atoms with Crippen LogP contribution in [0.5, 0.6) is 0 Å². The molecule has 0 unspecified atom stereocenters. The molecule has 5 nitrogen and oxygen atoms in total. The van der Waals surface area contributed by atoms with E-state index in [1.807, 2.05) is 42.6 Å². The zero-order valence-corrected chi connectivity index (χ0v) is 14.1. The standard InChI is InChI=1S/C19H24N4O/c1-21-12-5-9-17(21)18-10-6-13-22(18)19(24)16-11-14-23(20-16)15-7-3-2-4-8-15/h2-4,7-8,11,14,17-18H,5-6,9-10,12-13H2,1H3/t17-,18+/m0/s1. The second-order valence-electron chi connectivity index (χ2n) is 6.88. The molecule has 2 atom stereocenters. The minimum atomic E-state index is 0.0764. The van der Waals surface area contributed by atoms with Crippen LogP contribution in [0.4, 0.5) is 0 Å². The molecule has 0 radical (unpaired) electrons. The minimum absolute atomic E-state index is 0.0764. The van der Waals surface area contributed by atoms with Crippen LogP contribution in [0.2, 0.25) is 0 Å². The average Bonchev–Trinajstić information content (AvgIpc) is 3.35. The van der Waals surface area contributed by atoms with Crippen molar-refractivity contribution in [3.05, 3.63) is 48.3 Å². The summed E-state index contributed by atoms with van der Waals surface area (Å²) >= 11 is 0. The van der Waals surface area contributed by atoms with Gasteiger partial charge in [-0.15, -0.1) is 0 Å². The Kier molecular flexibility index (Phi) is 4.10. The average molecular weight is 324 g/mol. The summed E-state index contributed by atoms with van der Waals surface area (Å²) in [5.74, 6) is 0.0764. The van der Waals surface area contributed by atoms with Crippen molar-refractivity contribution >= 4 is 5.91 Å². The van der Waals surface area contributed by atoms with Gasteiger partial charge >= 0.3 is 0 Å². The maximum absolute atomic E-state index is 13.0. The van der Waals surface area contributed by atoms with Crippen molar-refractivity contribution in [3.8, 4) is 5.69 Å². The van der Waals surface area contributed by atoms with E-state index in [9.17, 15) is 4.79 Å². The quantitative estimate of drug-likeness (QED) is 0.871. The maximum Gasteiger partial charge on any atom is 0.274 e. The number of rotatable bonds is 3. The molecule has 2 aliphatic rings. The Hall–Kier alpha value is -2.14. The lowest BCUT2D eigenvalue weighted by Gasteiger charge is -2.32. The molecular weight excluding hydrogens is 300 g/mol. The normalized spacial score (nSPS) is 24.6. The van der Waals surface area contributed by atoms with Gasteiger partial charge in [0, 0.05) is 24.8 Å². The van der Waals surface area contributed by atoms with Gasteiger partial charge in [0.05, 0.1) is 5.69 Å². The van der Waals surface area contributed by atoms with Crippen LogP contribution in [-0.4, -0.2) is 57.7 Å². The van der Waals surface area contributed by atoms with Crippen molar-refractivity contribution in [1.29, 1.82) is 0 Å². The molecule has 1 aromatic carbocycles. The Labute approximate surface area is 142 Å². The highest BCUT2D eigenvalue weighted by atomic mass is 16.2. The Morgan fingerprint density at radius 1 is 1.04 bits per heavy atom. The largest absolute Gasteiger partial charge is 0.333 e. The summed E-state index contributed by atoms with van der Waals surface area (Å²) in [7, 11) is 2.18. The predicted molar refractivity (Wildman–Crippen MR) is 93.3 cm³/mol. The first-order chi connectivity index (χ1) is 11.7. The van der Waals surface area contributed by atoms with Crippen LogP contribution < -0.4 is 0 Å². The number of carbonyl (C=O) groups is 1. The molecule has 5 heteroatoms. The van der Waals surface area contributed by atoms with Crippen LogP contribution in [0.25, 0.3) is 5.69 Å². The summed E-state index contributed by atoms with van der Waals surface area (Å²) in [6.07, 6.45) is 6.52. The number of likely N-dealkylation sites (N-methyl/N-ethyl adjacent to an activating group) is 1. The fourth-order valence-corrected chi connectivity index (χ4v) is 4.18. The summed E-state index contributed by atoms with van der Waals surface area (Å²) < 4.78 is 1.78. The zero-order chi connectivity index (χ0) is 16.5. The summed E-state index contributed by atoms with van der Waals surface area (Å²) in [5.41, 5.74) is 1.52. The SMILES string of the molecule is CN1CCC[C@H]1[C@H]1CCCN1C(=O)c1ccn(-c2ccccc2)n1. The number of hydrogen-bond acceptors (Lipinski definition) is 3. The minimum Gasteiger partial charge on any atom is -0.333 e. The summed E-state index contributed by atoms with van der Waals surface area (Å²) in [6, 6.07) is 12.6. The van der Waals surface area contributed by atoms with Gasteiger partial charge < -0.3 is 9.80 Å². The van der Waals surface area contributed by atoms with E-state index in [1.54, 1.807) is 4.68 Å². The molecule has 1 amide bonds. The third-order valence-corrected chi connectivity index (χ3v) is 5.41. The van der Waals surface area contributed by atoms with Gasteiger partial charge in [-0.25, -0.2) is 4.68 Å². The van der Waals surface area contributed by atoms with Gasteiger partial charge in [-0.1, -0.05) is 18.2 Å². The third-order valence-electron chi connectivity index (χ3n) is 5.41. The fourth-order valence-electron chi connectivity index (χ4n) is 4.18. The number of aromatic nitrogens is 2. The number of benzene rings is 1. The Balaban J connectivity index is 1.54. The molecular formula is C19H24N4O. The predicted octanol–water partition coefficient (Wildman–Crippen LogP) is 2.57. The van der Waals surface area contributed by atoms with E-state index < -0.39 is 0 Å². The van der Waals surface area contributed by atoms with Gasteiger partial charge in [0.25, 0.3) is 5.91 Å². The van der Waals surface area contributed by atoms with Gasteiger partial charge in [0.15, 0.2) is 5.69 Å². The van der Waals surface area contributed by atoms with E-state index in [4.69, 9.17) is 0 Å². The molecule has 0 saturated carbocycles. The number of nitrogens with zero attached hydrogens (tertiary/aromatic N) is 4. The van der Waals surface area contributed by atoms with Crippen LogP contribution >= 0.6 is 0 Å². The van der Waals surface area contributed by atoms with E-state index in [1.165, 1.54) is 12.8 Å². The topological polar surface area (TPSA) is 41.4 Å². The van der Waals surface area contributed by atoms with Gasteiger partial charge in [0.2, 0.25) is 0 Å². The van der Waals surface area contributed by atoms with Crippen molar-refractivity contribution in [1.82, 2.24) is 19.6 Å². The monoisotopic (exact) mass is 324 g/mol. The first kappa shape index (κ1) is 15.4. The highest BCUT2D eigenvalue weighted by Gasteiger charge is 2.39. The lowest BCUT2D eigenvalue weighted by Crippen LogP contribution is -2.47. The molecule has 2 fully saturated rings. The van der Waals surface area contributed by atoms with Crippen molar-refractivity contribution in [2.24, 2.45) is 0 Å². The van der Waals surface area contributed by atoms with Gasteiger partial charge in [-0.2, -0.15) is 5.10 Å². The van der Waals surface area contributed by atoms with Crippen LogP contribution in [0.3, 0.4) is 0 Å². The summed E-state index contributed by atoms with van der Waals surface area (Å²) in [6.45, 7) is 2.00. The molecule has 1 aromatic heterocycles. The van der Waals surface area contributed by atoms with Gasteiger partial charge in [-0.05, 0) is 57.5 Å². The molecule has 2 saturated heterocycles. The van der Waals surface area contributed by atoms with Gasteiger partial charge in [-0.3, -0.25) is 4.79 Å². The maximum atomic E-state index is 13.0. The Morgan fingerprint density at radius 2 is 1.79 bits per heavy atom. The van der Waals surface area contributed by atoms with Crippen molar-refractivity contribution < 1.29 is 4.79 Å². The molecule has 0 aliphatic carbocycles. The second-order valence-corrected chi connectivity index (χ2v) is 6.88. The number of amides is 1. The van der Waals surface area contributed by atoms with Crippen LogP contribution in [0, 0.1) is 0 Å². The Bertz CT molecular complexity index is 711. The molecule has 4 rings (SSSR count). The van der Waals surface area contributed by atoms with Crippen molar-refractivity contribution in [2.75, 3.05) is 20.1 Å². The van der Waals surface area contributed by atoms with Crippen LogP contribution in [0.1, 0.15) is 36.2 Å². The lowest BCUT2D eigenvalue weighted by molar-refractivity contribution is 0.0658. The zero-order valence-electron chi connectivity index (χ0n) is 14.1. The highest BCUT2D eigenvalue weighted by molar-refractivity contribution is 5.92.